The third-order valence-electron chi connectivity index (χ3n) is 2.07. The highest BCUT2D eigenvalue weighted by atomic mass is 16.5. The summed E-state index contributed by atoms with van der Waals surface area (Å²) in [6.07, 6.45) is 2.98. The first-order valence-electron chi connectivity index (χ1n) is 5.17. The molecule has 3 heteroatoms. The molecule has 0 amide bonds. The average Bonchev–Trinajstić information content (AvgIpc) is 2.68. The van der Waals surface area contributed by atoms with Crippen LogP contribution >= 0.6 is 0 Å². The summed E-state index contributed by atoms with van der Waals surface area (Å²) >= 11 is 0. The molecule has 1 unspecified atom stereocenters. The molecule has 0 aromatic carbocycles. The summed E-state index contributed by atoms with van der Waals surface area (Å²) in [4.78, 5) is 0. The molecule has 0 saturated heterocycles. The lowest BCUT2D eigenvalue weighted by molar-refractivity contribution is 0.0379. The van der Waals surface area contributed by atoms with E-state index in [0.29, 0.717) is 6.61 Å². The highest BCUT2D eigenvalue weighted by molar-refractivity contribution is 4.96. The van der Waals surface area contributed by atoms with E-state index in [1.54, 1.807) is 6.26 Å². The van der Waals surface area contributed by atoms with E-state index in [4.69, 9.17) is 9.15 Å². The second-order valence-electron chi connectivity index (χ2n) is 3.34. The van der Waals surface area contributed by atoms with Gasteiger partial charge in [0.25, 0.3) is 0 Å². The number of rotatable bonds is 7. The molecule has 0 aliphatic rings. The molecular formula is C11H19NO2. The molecule has 0 spiro atoms. The standard InChI is InChI=1S/C11H19NO2/c1-3-12-7-6-10(2)14-9-11-5-4-8-13-11/h4-5,8,10,12H,3,6-7,9H2,1-2H3. The first-order valence-corrected chi connectivity index (χ1v) is 5.17. The summed E-state index contributed by atoms with van der Waals surface area (Å²) in [7, 11) is 0. The zero-order valence-corrected chi connectivity index (χ0v) is 8.95. The van der Waals surface area contributed by atoms with E-state index >= 15 is 0 Å². The van der Waals surface area contributed by atoms with Gasteiger partial charge in [-0.3, -0.25) is 0 Å². The Kier molecular flexibility index (Phi) is 5.33. The predicted molar refractivity (Wildman–Crippen MR) is 56.1 cm³/mol. The number of ether oxygens (including phenoxy) is 1. The average molecular weight is 197 g/mol. The molecule has 1 heterocycles. The van der Waals surface area contributed by atoms with E-state index in [2.05, 4.69) is 19.2 Å². The molecule has 0 saturated carbocycles. The van der Waals surface area contributed by atoms with E-state index in [1.165, 1.54) is 0 Å². The van der Waals surface area contributed by atoms with Crippen molar-refractivity contribution < 1.29 is 9.15 Å². The first kappa shape index (κ1) is 11.3. The molecule has 80 valence electrons. The van der Waals surface area contributed by atoms with Gasteiger partial charge >= 0.3 is 0 Å². The van der Waals surface area contributed by atoms with Crippen molar-refractivity contribution in [1.82, 2.24) is 5.32 Å². The molecular weight excluding hydrogens is 178 g/mol. The number of furan rings is 1. The molecule has 1 aromatic heterocycles. The van der Waals surface area contributed by atoms with Gasteiger partial charge in [-0.2, -0.15) is 0 Å². The van der Waals surface area contributed by atoms with Crippen LogP contribution in [0.25, 0.3) is 0 Å². The van der Waals surface area contributed by atoms with Crippen LogP contribution in [0.1, 0.15) is 26.0 Å². The minimum Gasteiger partial charge on any atom is -0.467 e. The highest BCUT2D eigenvalue weighted by Crippen LogP contribution is 2.05. The Bertz CT molecular complexity index is 221. The Hall–Kier alpha value is -0.800. The molecule has 0 bridgehead atoms. The van der Waals surface area contributed by atoms with Crippen molar-refractivity contribution in [3.05, 3.63) is 24.2 Å². The van der Waals surface area contributed by atoms with Crippen molar-refractivity contribution in [3.8, 4) is 0 Å². The van der Waals surface area contributed by atoms with E-state index in [-0.39, 0.29) is 6.10 Å². The molecule has 1 atom stereocenters. The third-order valence-corrected chi connectivity index (χ3v) is 2.07. The second-order valence-corrected chi connectivity index (χ2v) is 3.34. The van der Waals surface area contributed by atoms with Crippen LogP contribution in [0, 0.1) is 0 Å². The largest absolute Gasteiger partial charge is 0.467 e. The van der Waals surface area contributed by atoms with Gasteiger partial charge in [-0.05, 0) is 38.6 Å². The minimum absolute atomic E-state index is 0.277. The van der Waals surface area contributed by atoms with Crippen LogP contribution in [0.5, 0.6) is 0 Å². The summed E-state index contributed by atoms with van der Waals surface area (Å²) in [6, 6.07) is 3.80. The van der Waals surface area contributed by atoms with E-state index < -0.39 is 0 Å². The number of nitrogens with one attached hydrogen (secondary N) is 1. The monoisotopic (exact) mass is 197 g/mol. The summed E-state index contributed by atoms with van der Waals surface area (Å²) in [6.45, 7) is 6.79. The topological polar surface area (TPSA) is 34.4 Å². The fourth-order valence-corrected chi connectivity index (χ4v) is 1.18. The van der Waals surface area contributed by atoms with Crippen LogP contribution in [0.15, 0.2) is 22.8 Å². The van der Waals surface area contributed by atoms with Crippen LogP contribution in [0.3, 0.4) is 0 Å². The van der Waals surface area contributed by atoms with E-state index in [1.807, 2.05) is 12.1 Å². The van der Waals surface area contributed by atoms with Gasteiger partial charge in [-0.15, -0.1) is 0 Å². The molecule has 3 nitrogen and oxygen atoms in total. The Morgan fingerprint density at radius 3 is 3.07 bits per heavy atom. The smallest absolute Gasteiger partial charge is 0.129 e. The predicted octanol–water partition coefficient (Wildman–Crippen LogP) is 2.18. The SMILES string of the molecule is CCNCCC(C)OCc1ccco1. The van der Waals surface area contributed by atoms with Crippen LogP contribution in [0.2, 0.25) is 0 Å². The van der Waals surface area contributed by atoms with Gasteiger partial charge < -0.3 is 14.5 Å². The van der Waals surface area contributed by atoms with Crippen molar-refractivity contribution in [2.75, 3.05) is 13.1 Å². The van der Waals surface area contributed by atoms with Gasteiger partial charge in [0, 0.05) is 0 Å². The maximum Gasteiger partial charge on any atom is 0.129 e. The van der Waals surface area contributed by atoms with E-state index in [0.717, 1.165) is 25.3 Å². The van der Waals surface area contributed by atoms with Gasteiger partial charge in [0.1, 0.15) is 12.4 Å². The van der Waals surface area contributed by atoms with Crippen LogP contribution in [0.4, 0.5) is 0 Å². The molecule has 0 radical (unpaired) electrons. The molecule has 14 heavy (non-hydrogen) atoms. The second kappa shape index (κ2) is 6.62. The van der Waals surface area contributed by atoms with Crippen LogP contribution in [-0.4, -0.2) is 19.2 Å². The van der Waals surface area contributed by atoms with Gasteiger partial charge in [0.15, 0.2) is 0 Å². The van der Waals surface area contributed by atoms with Crippen molar-refractivity contribution in [2.45, 2.75) is 33.0 Å². The molecule has 1 aromatic rings. The lowest BCUT2D eigenvalue weighted by Crippen LogP contribution is -2.20. The maximum absolute atomic E-state index is 5.60. The Balaban J connectivity index is 2.06. The summed E-state index contributed by atoms with van der Waals surface area (Å²) in [5, 5.41) is 3.27. The Morgan fingerprint density at radius 2 is 2.43 bits per heavy atom. The van der Waals surface area contributed by atoms with E-state index in [9.17, 15) is 0 Å². The van der Waals surface area contributed by atoms with Crippen molar-refractivity contribution in [2.24, 2.45) is 0 Å². The fraction of sp³-hybridized carbons (Fsp3) is 0.636. The molecule has 0 fully saturated rings. The lowest BCUT2D eigenvalue weighted by atomic mass is 10.3. The third kappa shape index (κ3) is 4.44. The molecule has 0 aliphatic carbocycles. The van der Waals surface area contributed by atoms with Gasteiger partial charge in [-0.1, -0.05) is 6.92 Å². The van der Waals surface area contributed by atoms with Crippen molar-refractivity contribution in [1.29, 1.82) is 0 Å². The Morgan fingerprint density at radius 1 is 1.57 bits per heavy atom. The zero-order valence-electron chi connectivity index (χ0n) is 8.95. The Labute approximate surface area is 85.4 Å². The quantitative estimate of drug-likeness (QED) is 0.680. The fourth-order valence-electron chi connectivity index (χ4n) is 1.18. The molecule has 1 rings (SSSR count). The van der Waals surface area contributed by atoms with Crippen LogP contribution < -0.4 is 5.32 Å². The number of hydrogen-bond acceptors (Lipinski definition) is 3. The van der Waals surface area contributed by atoms with Gasteiger partial charge in [-0.25, -0.2) is 0 Å². The van der Waals surface area contributed by atoms with Crippen molar-refractivity contribution >= 4 is 0 Å². The molecule has 0 aliphatic heterocycles. The van der Waals surface area contributed by atoms with Gasteiger partial charge in [0.05, 0.1) is 12.4 Å². The van der Waals surface area contributed by atoms with Crippen molar-refractivity contribution in [3.63, 3.8) is 0 Å². The summed E-state index contributed by atoms with van der Waals surface area (Å²) in [5.41, 5.74) is 0. The summed E-state index contributed by atoms with van der Waals surface area (Å²) in [5.74, 6) is 0.889. The first-order chi connectivity index (χ1) is 6.83. The number of hydrogen-bond donors (Lipinski definition) is 1. The molecule has 1 N–H and O–H groups in total. The highest BCUT2D eigenvalue weighted by Gasteiger charge is 2.03. The zero-order chi connectivity index (χ0) is 10.2. The maximum atomic E-state index is 5.60. The van der Waals surface area contributed by atoms with Crippen LogP contribution in [-0.2, 0) is 11.3 Å². The summed E-state index contributed by atoms with van der Waals surface area (Å²) < 4.78 is 10.8. The lowest BCUT2D eigenvalue weighted by Gasteiger charge is -2.11. The van der Waals surface area contributed by atoms with Gasteiger partial charge in [0.2, 0.25) is 0 Å². The minimum atomic E-state index is 0.277. The normalized spacial score (nSPS) is 13.0.